The maximum Gasteiger partial charge on any atom is 0.255 e. The SMILES string of the molecule is COc1ccc(C(C)NC(=O)c2ccccc2OCC2CCCO2)cc1F. The Hall–Kier alpha value is -2.60. The number of amides is 1. The Kier molecular flexibility index (Phi) is 6.29. The maximum absolute atomic E-state index is 13.9. The summed E-state index contributed by atoms with van der Waals surface area (Å²) in [5.41, 5.74) is 1.09. The Labute approximate surface area is 158 Å². The fourth-order valence-electron chi connectivity index (χ4n) is 3.05. The summed E-state index contributed by atoms with van der Waals surface area (Å²) in [5, 5.41) is 2.89. The standard InChI is InChI=1S/C21H24FNO4/c1-14(15-9-10-20(25-2)18(22)12-15)23-21(24)17-7-3-4-8-19(17)27-13-16-6-5-11-26-16/h3-4,7-10,12,14,16H,5-6,11,13H2,1-2H3,(H,23,24). The molecule has 27 heavy (non-hydrogen) atoms. The molecule has 6 heteroatoms. The molecule has 1 aliphatic rings. The minimum atomic E-state index is -0.462. The van der Waals surface area contributed by atoms with Gasteiger partial charge < -0.3 is 19.5 Å². The van der Waals surface area contributed by atoms with E-state index in [1.54, 1.807) is 37.3 Å². The molecule has 0 aliphatic carbocycles. The molecule has 2 atom stereocenters. The third-order valence-electron chi connectivity index (χ3n) is 4.60. The molecule has 0 saturated carbocycles. The van der Waals surface area contributed by atoms with Gasteiger partial charge in [0.25, 0.3) is 5.91 Å². The van der Waals surface area contributed by atoms with Gasteiger partial charge in [-0.25, -0.2) is 4.39 Å². The van der Waals surface area contributed by atoms with E-state index in [1.165, 1.54) is 13.2 Å². The van der Waals surface area contributed by atoms with E-state index in [4.69, 9.17) is 14.2 Å². The van der Waals surface area contributed by atoms with Gasteiger partial charge >= 0.3 is 0 Å². The molecule has 1 fully saturated rings. The summed E-state index contributed by atoms with van der Waals surface area (Å²) in [6.07, 6.45) is 2.07. The van der Waals surface area contributed by atoms with E-state index in [0.717, 1.165) is 19.4 Å². The van der Waals surface area contributed by atoms with E-state index < -0.39 is 5.82 Å². The summed E-state index contributed by atoms with van der Waals surface area (Å²) in [7, 11) is 1.41. The predicted octanol–water partition coefficient (Wildman–Crippen LogP) is 3.88. The van der Waals surface area contributed by atoms with Crippen LogP contribution in [-0.4, -0.2) is 32.3 Å². The maximum atomic E-state index is 13.9. The van der Waals surface area contributed by atoms with Crippen molar-refractivity contribution in [2.75, 3.05) is 20.3 Å². The van der Waals surface area contributed by atoms with Crippen LogP contribution in [0.3, 0.4) is 0 Å². The van der Waals surface area contributed by atoms with Gasteiger partial charge in [0.2, 0.25) is 0 Å². The molecule has 3 rings (SSSR count). The molecule has 0 bridgehead atoms. The molecule has 1 heterocycles. The molecule has 2 aromatic rings. The summed E-state index contributed by atoms with van der Waals surface area (Å²) in [5.74, 6) is -0.0539. The molecule has 5 nitrogen and oxygen atoms in total. The van der Waals surface area contributed by atoms with Crippen molar-refractivity contribution in [1.29, 1.82) is 0 Å². The first kappa shape index (κ1) is 19.2. The lowest BCUT2D eigenvalue weighted by atomic mass is 10.1. The zero-order valence-corrected chi connectivity index (χ0v) is 15.5. The zero-order chi connectivity index (χ0) is 19.2. The quantitative estimate of drug-likeness (QED) is 0.800. The number of benzene rings is 2. The van der Waals surface area contributed by atoms with Gasteiger partial charge in [-0.15, -0.1) is 0 Å². The third kappa shape index (κ3) is 4.77. The molecule has 1 saturated heterocycles. The van der Waals surface area contributed by atoms with Crippen LogP contribution in [0.5, 0.6) is 11.5 Å². The number of carbonyl (C=O) groups is 1. The van der Waals surface area contributed by atoms with Gasteiger partial charge in [0.15, 0.2) is 11.6 Å². The highest BCUT2D eigenvalue weighted by Gasteiger charge is 2.19. The topological polar surface area (TPSA) is 56.8 Å². The van der Waals surface area contributed by atoms with Crippen LogP contribution in [0.2, 0.25) is 0 Å². The minimum Gasteiger partial charge on any atom is -0.494 e. The van der Waals surface area contributed by atoms with Gasteiger partial charge in [0.05, 0.1) is 24.8 Å². The van der Waals surface area contributed by atoms with Crippen LogP contribution in [0.25, 0.3) is 0 Å². The second-order valence-electron chi connectivity index (χ2n) is 6.53. The smallest absolute Gasteiger partial charge is 0.255 e. The van der Waals surface area contributed by atoms with Crippen molar-refractivity contribution < 1.29 is 23.4 Å². The number of carbonyl (C=O) groups excluding carboxylic acids is 1. The van der Waals surface area contributed by atoms with Crippen LogP contribution in [0, 0.1) is 5.82 Å². The van der Waals surface area contributed by atoms with E-state index in [-0.39, 0.29) is 23.8 Å². The van der Waals surface area contributed by atoms with Crippen LogP contribution in [0.1, 0.15) is 41.7 Å². The van der Waals surface area contributed by atoms with Crippen molar-refractivity contribution in [2.45, 2.75) is 31.9 Å². The lowest BCUT2D eigenvalue weighted by Crippen LogP contribution is -2.27. The molecule has 2 unspecified atom stereocenters. The fraction of sp³-hybridized carbons (Fsp3) is 0.381. The van der Waals surface area contributed by atoms with Crippen molar-refractivity contribution in [3.63, 3.8) is 0 Å². The molecule has 2 aromatic carbocycles. The second-order valence-corrected chi connectivity index (χ2v) is 6.53. The van der Waals surface area contributed by atoms with Gasteiger partial charge in [0.1, 0.15) is 12.4 Å². The molecule has 1 amide bonds. The van der Waals surface area contributed by atoms with Crippen LogP contribution in [0.15, 0.2) is 42.5 Å². The highest BCUT2D eigenvalue weighted by molar-refractivity contribution is 5.97. The van der Waals surface area contributed by atoms with Crippen LogP contribution in [-0.2, 0) is 4.74 Å². The highest BCUT2D eigenvalue weighted by Crippen LogP contribution is 2.24. The van der Waals surface area contributed by atoms with Crippen molar-refractivity contribution in [2.24, 2.45) is 0 Å². The number of rotatable bonds is 7. The highest BCUT2D eigenvalue weighted by atomic mass is 19.1. The average Bonchev–Trinajstić information content (AvgIpc) is 3.20. The van der Waals surface area contributed by atoms with Gasteiger partial charge in [0, 0.05) is 6.61 Å². The van der Waals surface area contributed by atoms with Gasteiger partial charge in [-0.3, -0.25) is 4.79 Å². The van der Waals surface area contributed by atoms with Crippen molar-refractivity contribution in [3.05, 3.63) is 59.4 Å². The number of ether oxygens (including phenoxy) is 3. The summed E-state index contributed by atoms with van der Waals surface area (Å²) >= 11 is 0. The molecule has 0 aromatic heterocycles. The van der Waals surface area contributed by atoms with Crippen LogP contribution >= 0.6 is 0 Å². The summed E-state index contributed by atoms with van der Waals surface area (Å²) in [6, 6.07) is 11.4. The molecular formula is C21H24FNO4. The first-order valence-corrected chi connectivity index (χ1v) is 9.06. The number of hydrogen-bond acceptors (Lipinski definition) is 4. The Bertz CT molecular complexity index is 790. The average molecular weight is 373 g/mol. The van der Waals surface area contributed by atoms with Gasteiger partial charge in [-0.2, -0.15) is 0 Å². The number of halogens is 1. The fourth-order valence-corrected chi connectivity index (χ4v) is 3.05. The first-order valence-electron chi connectivity index (χ1n) is 9.06. The summed E-state index contributed by atoms with van der Waals surface area (Å²) in [4.78, 5) is 12.7. The van der Waals surface area contributed by atoms with E-state index in [1.807, 2.05) is 6.07 Å². The first-order chi connectivity index (χ1) is 13.1. The summed E-state index contributed by atoms with van der Waals surface area (Å²) < 4.78 is 30.2. The van der Waals surface area contributed by atoms with Gasteiger partial charge in [-0.1, -0.05) is 18.2 Å². The normalized spacial score (nSPS) is 17.4. The van der Waals surface area contributed by atoms with E-state index in [9.17, 15) is 9.18 Å². The molecular weight excluding hydrogens is 349 g/mol. The molecule has 144 valence electrons. The zero-order valence-electron chi connectivity index (χ0n) is 15.5. The predicted molar refractivity (Wildman–Crippen MR) is 99.7 cm³/mol. The van der Waals surface area contributed by atoms with E-state index in [2.05, 4.69) is 5.32 Å². The molecule has 0 radical (unpaired) electrons. The van der Waals surface area contributed by atoms with E-state index >= 15 is 0 Å². The van der Waals surface area contributed by atoms with E-state index in [0.29, 0.717) is 23.5 Å². The number of para-hydroxylation sites is 1. The molecule has 0 spiro atoms. The minimum absolute atomic E-state index is 0.0716. The Morgan fingerprint density at radius 3 is 2.81 bits per heavy atom. The van der Waals surface area contributed by atoms with Gasteiger partial charge in [-0.05, 0) is 49.6 Å². The Morgan fingerprint density at radius 2 is 2.11 bits per heavy atom. The number of nitrogens with one attached hydrogen (secondary N) is 1. The van der Waals surface area contributed by atoms with Crippen molar-refractivity contribution >= 4 is 5.91 Å². The van der Waals surface area contributed by atoms with Crippen molar-refractivity contribution in [3.8, 4) is 11.5 Å². The Morgan fingerprint density at radius 1 is 1.30 bits per heavy atom. The van der Waals surface area contributed by atoms with Crippen LogP contribution in [0.4, 0.5) is 4.39 Å². The monoisotopic (exact) mass is 373 g/mol. The largest absolute Gasteiger partial charge is 0.494 e. The molecule has 1 aliphatic heterocycles. The number of hydrogen-bond donors (Lipinski definition) is 1. The van der Waals surface area contributed by atoms with Crippen molar-refractivity contribution in [1.82, 2.24) is 5.32 Å². The Balaban J connectivity index is 1.67. The number of methoxy groups -OCH3 is 1. The van der Waals surface area contributed by atoms with Crippen LogP contribution < -0.4 is 14.8 Å². The second kappa shape index (κ2) is 8.86. The summed E-state index contributed by atoms with van der Waals surface area (Å²) in [6.45, 7) is 2.98. The lowest BCUT2D eigenvalue weighted by molar-refractivity contribution is 0.0670. The third-order valence-corrected chi connectivity index (χ3v) is 4.60. The molecule has 1 N–H and O–H groups in total. The lowest BCUT2D eigenvalue weighted by Gasteiger charge is -2.18.